The van der Waals surface area contributed by atoms with Gasteiger partial charge in [0.2, 0.25) is 11.9 Å². The lowest BCUT2D eigenvalue weighted by atomic mass is 9.73. The van der Waals surface area contributed by atoms with Crippen molar-refractivity contribution >= 4 is 29.3 Å². The second-order valence-corrected chi connectivity index (χ2v) is 12.2. The van der Waals surface area contributed by atoms with Crippen molar-refractivity contribution in [3.63, 3.8) is 0 Å². The van der Waals surface area contributed by atoms with Crippen molar-refractivity contribution in [3.05, 3.63) is 46.9 Å². The lowest BCUT2D eigenvalue weighted by Crippen LogP contribution is -2.36. The fourth-order valence-corrected chi connectivity index (χ4v) is 6.84. The minimum absolute atomic E-state index is 0.191. The molecule has 1 aromatic heterocycles. The maximum absolute atomic E-state index is 14.6. The van der Waals surface area contributed by atoms with E-state index in [4.69, 9.17) is 11.6 Å². The van der Waals surface area contributed by atoms with Crippen LogP contribution in [-0.2, 0) is 11.3 Å². The number of hydrogen-bond acceptors (Lipinski definition) is 6. The van der Waals surface area contributed by atoms with E-state index in [-0.39, 0.29) is 17.6 Å². The Morgan fingerprint density at radius 1 is 0.975 bits per heavy atom. The summed E-state index contributed by atoms with van der Waals surface area (Å²) in [5, 5.41) is 13.7. The molecule has 2 aliphatic carbocycles. The van der Waals surface area contributed by atoms with E-state index in [9.17, 15) is 9.18 Å². The first kappa shape index (κ1) is 30.5. The minimum Gasteiger partial charge on any atom is -0.367 e. The Bertz CT molecular complexity index is 1080. The first-order valence-corrected chi connectivity index (χ1v) is 15.5. The number of aromatic nitrogens is 2. The zero-order valence-electron chi connectivity index (χ0n) is 24.0. The average Bonchev–Trinajstić information content (AvgIpc) is 2.97. The summed E-state index contributed by atoms with van der Waals surface area (Å²) >= 11 is 6.25. The summed E-state index contributed by atoms with van der Waals surface area (Å²) in [6.07, 6.45) is 11.5. The third-order valence-corrected chi connectivity index (χ3v) is 9.09. The molecule has 0 saturated heterocycles. The largest absolute Gasteiger partial charge is 0.367 e. The molecule has 2 fully saturated rings. The number of hydrogen-bond donors (Lipinski definition) is 4. The van der Waals surface area contributed by atoms with Gasteiger partial charge in [-0.25, -0.2) is 9.37 Å². The van der Waals surface area contributed by atoms with E-state index in [1.54, 1.807) is 7.05 Å². The van der Waals surface area contributed by atoms with Crippen LogP contribution in [0.3, 0.4) is 0 Å². The lowest BCUT2D eigenvalue weighted by molar-refractivity contribution is -0.125. The van der Waals surface area contributed by atoms with Gasteiger partial charge in [0.25, 0.3) is 0 Å². The van der Waals surface area contributed by atoms with Crippen LogP contribution in [-0.4, -0.2) is 42.6 Å². The Labute approximate surface area is 243 Å². The maximum Gasteiger partial charge on any atom is 0.225 e. The molecule has 0 aliphatic heterocycles. The summed E-state index contributed by atoms with van der Waals surface area (Å²) in [7, 11) is 1.73. The number of amides is 1. The van der Waals surface area contributed by atoms with Crippen molar-refractivity contribution in [2.75, 3.05) is 37.3 Å². The second-order valence-electron chi connectivity index (χ2n) is 11.8. The molecular formula is C31H46ClFN6O. The Kier molecular flexibility index (Phi) is 11.8. The van der Waals surface area contributed by atoms with Crippen LogP contribution >= 0.6 is 11.6 Å². The average molecular weight is 573 g/mol. The van der Waals surface area contributed by atoms with E-state index < -0.39 is 5.82 Å². The van der Waals surface area contributed by atoms with E-state index >= 15 is 0 Å². The molecule has 3 atom stereocenters. The summed E-state index contributed by atoms with van der Waals surface area (Å²) in [5.74, 6) is 3.06. The molecule has 1 amide bonds. The van der Waals surface area contributed by atoms with Crippen LogP contribution in [0.25, 0.3) is 0 Å². The van der Waals surface area contributed by atoms with Gasteiger partial charge in [0.05, 0.1) is 6.20 Å². The Morgan fingerprint density at radius 3 is 2.40 bits per heavy atom. The molecule has 2 aliphatic rings. The molecule has 0 radical (unpaired) electrons. The normalized spacial score (nSPS) is 24.9. The Morgan fingerprint density at radius 2 is 1.68 bits per heavy atom. The fraction of sp³-hybridized carbons (Fsp3) is 0.645. The number of halogens is 2. The first-order valence-electron chi connectivity index (χ1n) is 15.1. The van der Waals surface area contributed by atoms with E-state index in [1.165, 1.54) is 31.9 Å². The third-order valence-electron chi connectivity index (χ3n) is 8.72. The number of anilines is 2. The highest BCUT2D eigenvalue weighted by molar-refractivity contribution is 6.31. The predicted molar refractivity (Wildman–Crippen MR) is 161 cm³/mol. The van der Waals surface area contributed by atoms with E-state index in [0.29, 0.717) is 47.7 Å². The molecule has 4 N–H and O–H groups in total. The lowest BCUT2D eigenvalue weighted by Gasteiger charge is -2.36. The molecule has 2 aromatic rings. The zero-order valence-corrected chi connectivity index (χ0v) is 24.8. The Balaban J connectivity index is 1.25. The monoisotopic (exact) mass is 572 g/mol. The highest BCUT2D eigenvalue weighted by Gasteiger charge is 2.29. The van der Waals surface area contributed by atoms with Gasteiger partial charge >= 0.3 is 0 Å². The van der Waals surface area contributed by atoms with Gasteiger partial charge in [-0.2, -0.15) is 4.98 Å². The van der Waals surface area contributed by atoms with Crippen LogP contribution in [0, 0.1) is 35.4 Å². The van der Waals surface area contributed by atoms with Crippen molar-refractivity contribution in [1.82, 2.24) is 20.6 Å². The van der Waals surface area contributed by atoms with Gasteiger partial charge in [-0.1, -0.05) is 49.6 Å². The first-order chi connectivity index (χ1) is 19.4. The summed E-state index contributed by atoms with van der Waals surface area (Å²) < 4.78 is 14.6. The molecule has 9 heteroatoms. The van der Waals surface area contributed by atoms with Crippen molar-refractivity contribution in [3.8, 4) is 0 Å². The number of nitrogens with zero attached hydrogens (tertiary/aromatic N) is 2. The Hall–Kier alpha value is -2.45. The topological polar surface area (TPSA) is 91.0 Å². The van der Waals surface area contributed by atoms with Gasteiger partial charge in [0.1, 0.15) is 0 Å². The fourth-order valence-electron chi connectivity index (χ4n) is 6.64. The van der Waals surface area contributed by atoms with Gasteiger partial charge < -0.3 is 21.3 Å². The van der Waals surface area contributed by atoms with Gasteiger partial charge in [-0.05, 0) is 93.3 Å². The molecule has 2 saturated carbocycles. The molecule has 7 nitrogen and oxygen atoms in total. The van der Waals surface area contributed by atoms with Crippen LogP contribution in [0.5, 0.6) is 0 Å². The highest BCUT2D eigenvalue weighted by atomic mass is 35.5. The van der Waals surface area contributed by atoms with Gasteiger partial charge in [0, 0.05) is 31.1 Å². The van der Waals surface area contributed by atoms with E-state index in [2.05, 4.69) is 38.2 Å². The van der Waals surface area contributed by atoms with Crippen molar-refractivity contribution in [2.45, 2.75) is 71.3 Å². The molecule has 0 bridgehead atoms. The zero-order chi connectivity index (χ0) is 28.3. The van der Waals surface area contributed by atoms with Crippen molar-refractivity contribution in [1.29, 1.82) is 0 Å². The SMILES string of the molecule is CCCC1C[C@@H](CNC[C@H]2CC[C@@H](C(=O)NC)CC2)C[C@H](CNc2nc(NCc3ccccc3Cl)ncc2F)C1. The van der Waals surface area contributed by atoms with Gasteiger partial charge in [0.15, 0.2) is 11.6 Å². The molecule has 40 heavy (non-hydrogen) atoms. The highest BCUT2D eigenvalue weighted by Crippen LogP contribution is 2.36. The predicted octanol–water partition coefficient (Wildman–Crippen LogP) is 6.27. The summed E-state index contributed by atoms with van der Waals surface area (Å²) in [6.45, 7) is 5.50. The standard InChI is InChI=1S/C31H46ClFN6O/c1-3-6-22-13-23(17-35-16-21-9-11-25(12-10-21)30(40)34-2)15-24(14-22)18-36-29-28(33)20-38-31(39-29)37-19-26-7-4-5-8-27(26)32/h4-5,7-8,20-25,35H,3,6,9-19H2,1-2H3,(H,34,40)(H2,36,37,38,39)/t21-,22?,23-,24-,25+/m1/s1. The van der Waals surface area contributed by atoms with Gasteiger partial charge in [-0.15, -0.1) is 0 Å². The molecule has 220 valence electrons. The van der Waals surface area contributed by atoms with Crippen LogP contribution < -0.4 is 21.3 Å². The third kappa shape index (κ3) is 9.03. The number of carbonyl (C=O) groups is 1. The molecule has 1 unspecified atom stereocenters. The number of rotatable bonds is 13. The molecule has 1 aromatic carbocycles. The van der Waals surface area contributed by atoms with E-state index in [1.807, 2.05) is 24.3 Å². The smallest absolute Gasteiger partial charge is 0.225 e. The van der Waals surface area contributed by atoms with E-state index in [0.717, 1.165) is 50.8 Å². The summed E-state index contributed by atoms with van der Waals surface area (Å²) in [6, 6.07) is 7.60. The number of benzene rings is 1. The van der Waals surface area contributed by atoms with Crippen LogP contribution in [0.4, 0.5) is 16.2 Å². The molecular weight excluding hydrogens is 527 g/mol. The van der Waals surface area contributed by atoms with Crippen LogP contribution in [0.1, 0.15) is 70.3 Å². The van der Waals surface area contributed by atoms with Crippen molar-refractivity contribution in [2.24, 2.45) is 29.6 Å². The maximum atomic E-state index is 14.6. The van der Waals surface area contributed by atoms with Crippen LogP contribution in [0.15, 0.2) is 30.5 Å². The summed E-state index contributed by atoms with van der Waals surface area (Å²) in [5.41, 5.74) is 0.937. The quantitative estimate of drug-likeness (QED) is 0.226. The molecule has 0 spiro atoms. The second kappa shape index (κ2) is 15.5. The summed E-state index contributed by atoms with van der Waals surface area (Å²) in [4.78, 5) is 20.4. The van der Waals surface area contributed by atoms with Crippen LogP contribution in [0.2, 0.25) is 5.02 Å². The van der Waals surface area contributed by atoms with Gasteiger partial charge in [-0.3, -0.25) is 4.79 Å². The minimum atomic E-state index is -0.437. The molecule has 4 rings (SSSR count). The number of carbonyl (C=O) groups excluding carboxylic acids is 1. The number of nitrogens with one attached hydrogen (secondary N) is 4. The molecule has 1 heterocycles. The van der Waals surface area contributed by atoms with Crippen molar-refractivity contribution < 1.29 is 9.18 Å².